The van der Waals surface area contributed by atoms with Gasteiger partial charge in [-0.3, -0.25) is 5.01 Å². The topological polar surface area (TPSA) is 15.6 Å². The van der Waals surface area contributed by atoms with Gasteiger partial charge >= 0.3 is 0 Å². The number of nitrogens with zero attached hydrogens (tertiary/aromatic N) is 2. The number of halogens is 3. The fourth-order valence-electron chi connectivity index (χ4n) is 3.18. The third-order valence-corrected chi connectivity index (χ3v) is 5.12. The first kappa shape index (κ1) is 18.7. The fraction of sp³-hybridized carbons (Fsp3) is 0.0870. The van der Waals surface area contributed by atoms with Crippen LogP contribution in [-0.4, -0.2) is 5.71 Å². The van der Waals surface area contributed by atoms with Gasteiger partial charge in [0.2, 0.25) is 0 Å². The highest BCUT2D eigenvalue weighted by molar-refractivity contribution is 6.30. The van der Waals surface area contributed by atoms with Crippen molar-refractivity contribution in [3.8, 4) is 0 Å². The van der Waals surface area contributed by atoms with Crippen molar-refractivity contribution in [2.75, 3.05) is 5.01 Å². The van der Waals surface area contributed by atoms with Crippen LogP contribution in [0.2, 0.25) is 10.0 Å². The molecular weight excluding hydrogens is 394 g/mol. The van der Waals surface area contributed by atoms with Gasteiger partial charge in [-0.1, -0.05) is 53.5 Å². The molecule has 0 N–H and O–H groups in total. The second-order valence-corrected chi connectivity index (χ2v) is 7.44. The molecule has 1 atom stereocenters. The lowest BCUT2D eigenvalue weighted by atomic mass is 10.0. The number of hydrogen-bond acceptors (Lipinski definition) is 2. The van der Waals surface area contributed by atoms with E-state index >= 15 is 0 Å². The molecule has 0 saturated heterocycles. The van der Waals surface area contributed by atoms with Gasteiger partial charge in [0.15, 0.2) is 0 Å². The van der Waals surface area contributed by atoms with Gasteiger partial charge in [0.1, 0.15) is 5.82 Å². The number of hydrogen-bond donors (Lipinski definition) is 0. The van der Waals surface area contributed by atoms with E-state index in [2.05, 4.69) is 0 Å². The first-order valence-electron chi connectivity index (χ1n) is 8.90. The third kappa shape index (κ3) is 4.27. The zero-order chi connectivity index (χ0) is 19.5. The lowest BCUT2D eigenvalue weighted by molar-refractivity contribution is 0.626. The zero-order valence-corrected chi connectivity index (χ0v) is 16.4. The molecule has 1 heterocycles. The molecular formula is C23H17Cl2FN2. The predicted molar refractivity (Wildman–Crippen MR) is 116 cm³/mol. The quantitative estimate of drug-likeness (QED) is 0.445. The molecule has 4 rings (SSSR count). The van der Waals surface area contributed by atoms with Crippen molar-refractivity contribution in [3.63, 3.8) is 0 Å². The van der Waals surface area contributed by atoms with Crippen LogP contribution in [0, 0.1) is 5.82 Å². The molecule has 0 aromatic heterocycles. The van der Waals surface area contributed by atoms with Crippen molar-refractivity contribution >= 4 is 40.7 Å². The van der Waals surface area contributed by atoms with Crippen LogP contribution in [0.25, 0.3) is 6.08 Å². The summed E-state index contributed by atoms with van der Waals surface area (Å²) in [4.78, 5) is 0. The Balaban J connectivity index is 1.64. The summed E-state index contributed by atoms with van der Waals surface area (Å²) in [7, 11) is 0. The predicted octanol–water partition coefficient (Wildman–Crippen LogP) is 7.15. The van der Waals surface area contributed by atoms with Crippen LogP contribution in [0.3, 0.4) is 0 Å². The summed E-state index contributed by atoms with van der Waals surface area (Å²) in [6.07, 6.45) is 4.76. The Labute approximate surface area is 173 Å². The van der Waals surface area contributed by atoms with Crippen LogP contribution in [-0.2, 0) is 0 Å². The molecule has 3 aromatic rings. The molecule has 0 aliphatic carbocycles. The molecule has 0 fully saturated rings. The molecule has 2 nitrogen and oxygen atoms in total. The SMILES string of the molecule is Fc1ccc(N2N=C(/C=C/c3ccc(Cl)cc3)C[C@@H]2c2ccc(Cl)cc2)cc1. The number of benzene rings is 3. The summed E-state index contributed by atoms with van der Waals surface area (Å²) < 4.78 is 13.4. The van der Waals surface area contributed by atoms with Gasteiger partial charge < -0.3 is 0 Å². The van der Waals surface area contributed by atoms with Crippen molar-refractivity contribution in [1.82, 2.24) is 0 Å². The van der Waals surface area contributed by atoms with E-state index in [1.165, 1.54) is 12.1 Å². The number of rotatable bonds is 4. The van der Waals surface area contributed by atoms with Crippen molar-refractivity contribution in [1.29, 1.82) is 0 Å². The van der Waals surface area contributed by atoms with Gasteiger partial charge in [-0.25, -0.2) is 4.39 Å². The highest BCUT2D eigenvalue weighted by Crippen LogP contribution is 2.36. The highest BCUT2D eigenvalue weighted by Gasteiger charge is 2.28. The molecule has 5 heteroatoms. The molecule has 0 amide bonds. The molecule has 0 spiro atoms. The zero-order valence-electron chi connectivity index (χ0n) is 14.9. The minimum Gasteiger partial charge on any atom is -0.257 e. The maximum Gasteiger partial charge on any atom is 0.123 e. The normalized spacial score (nSPS) is 16.6. The summed E-state index contributed by atoms with van der Waals surface area (Å²) >= 11 is 12.0. The van der Waals surface area contributed by atoms with Crippen LogP contribution in [0.5, 0.6) is 0 Å². The van der Waals surface area contributed by atoms with E-state index in [9.17, 15) is 4.39 Å². The smallest absolute Gasteiger partial charge is 0.123 e. The Kier molecular flexibility index (Phi) is 5.47. The second-order valence-electron chi connectivity index (χ2n) is 6.57. The maximum atomic E-state index is 13.4. The molecule has 1 aliphatic heterocycles. The van der Waals surface area contributed by atoms with Crippen molar-refractivity contribution in [2.24, 2.45) is 5.10 Å². The summed E-state index contributed by atoms with van der Waals surface area (Å²) in [5.74, 6) is -0.266. The van der Waals surface area contributed by atoms with E-state index in [0.29, 0.717) is 10.0 Å². The number of hydrazone groups is 1. The molecule has 3 aromatic carbocycles. The van der Waals surface area contributed by atoms with E-state index in [0.717, 1.165) is 28.9 Å². The molecule has 28 heavy (non-hydrogen) atoms. The van der Waals surface area contributed by atoms with E-state index in [-0.39, 0.29) is 11.9 Å². The summed E-state index contributed by atoms with van der Waals surface area (Å²) in [5.41, 5.74) is 3.94. The molecule has 0 bridgehead atoms. The van der Waals surface area contributed by atoms with Gasteiger partial charge in [-0.05, 0) is 65.7 Å². The van der Waals surface area contributed by atoms with Crippen LogP contribution in [0.1, 0.15) is 23.6 Å². The number of allylic oxidation sites excluding steroid dienone is 1. The monoisotopic (exact) mass is 410 g/mol. The van der Waals surface area contributed by atoms with Gasteiger partial charge in [0, 0.05) is 16.5 Å². The van der Waals surface area contributed by atoms with Crippen LogP contribution >= 0.6 is 23.2 Å². The van der Waals surface area contributed by atoms with E-state index in [1.54, 1.807) is 12.1 Å². The lowest BCUT2D eigenvalue weighted by Gasteiger charge is -2.24. The first-order valence-corrected chi connectivity index (χ1v) is 9.65. The summed E-state index contributed by atoms with van der Waals surface area (Å²) in [6, 6.07) is 21.8. The van der Waals surface area contributed by atoms with E-state index < -0.39 is 0 Å². The molecule has 0 saturated carbocycles. The third-order valence-electron chi connectivity index (χ3n) is 4.62. The van der Waals surface area contributed by atoms with E-state index in [4.69, 9.17) is 28.3 Å². The van der Waals surface area contributed by atoms with Gasteiger partial charge in [-0.2, -0.15) is 5.10 Å². The van der Waals surface area contributed by atoms with Crippen LogP contribution < -0.4 is 5.01 Å². The summed E-state index contributed by atoms with van der Waals surface area (Å²) in [6.45, 7) is 0. The van der Waals surface area contributed by atoms with Gasteiger partial charge in [0.05, 0.1) is 17.4 Å². The molecule has 140 valence electrons. The minimum atomic E-state index is -0.266. The first-order chi connectivity index (χ1) is 13.6. The molecule has 1 aliphatic rings. The standard InChI is InChI=1S/C23H17Cl2FN2/c24-18-6-1-16(2-7-18)3-12-21-15-23(17-4-8-19(25)9-5-17)28(27-21)22-13-10-20(26)11-14-22/h1-14,23H,15H2/b12-3+/t23-/m1/s1. The highest BCUT2D eigenvalue weighted by atomic mass is 35.5. The average Bonchev–Trinajstić information content (AvgIpc) is 3.13. The van der Waals surface area contributed by atoms with Crippen molar-refractivity contribution in [2.45, 2.75) is 12.5 Å². The average molecular weight is 411 g/mol. The Bertz CT molecular complexity index is 1010. The summed E-state index contributed by atoms with van der Waals surface area (Å²) in [5, 5.41) is 8.12. The lowest BCUT2D eigenvalue weighted by Crippen LogP contribution is -2.18. The van der Waals surface area contributed by atoms with Gasteiger partial charge in [-0.15, -0.1) is 0 Å². The Morgan fingerprint density at radius 1 is 0.821 bits per heavy atom. The Morgan fingerprint density at radius 2 is 1.43 bits per heavy atom. The van der Waals surface area contributed by atoms with E-state index in [1.807, 2.05) is 65.7 Å². The maximum absolute atomic E-state index is 13.4. The van der Waals surface area contributed by atoms with Crippen molar-refractivity contribution in [3.05, 3.63) is 106 Å². The van der Waals surface area contributed by atoms with Crippen molar-refractivity contribution < 1.29 is 4.39 Å². The fourth-order valence-corrected chi connectivity index (χ4v) is 3.43. The number of anilines is 1. The van der Waals surface area contributed by atoms with Gasteiger partial charge in [0.25, 0.3) is 0 Å². The molecule has 0 radical (unpaired) electrons. The van der Waals surface area contributed by atoms with Crippen LogP contribution in [0.15, 0.2) is 84.0 Å². The van der Waals surface area contributed by atoms with Crippen LogP contribution in [0.4, 0.5) is 10.1 Å². The largest absolute Gasteiger partial charge is 0.257 e. The second kappa shape index (κ2) is 8.17. The Morgan fingerprint density at radius 3 is 2.07 bits per heavy atom. The molecule has 0 unspecified atom stereocenters. The minimum absolute atomic E-state index is 0.0209. The Hall–Kier alpha value is -2.62.